The average molecular weight is 548 g/mol. The molecule has 0 saturated heterocycles. The smallest absolute Gasteiger partial charge is 0.308 e. The molecule has 1 saturated carbocycles. The molecule has 1 aliphatic carbocycles. The number of pyridine rings is 3. The molecule has 1 aliphatic rings. The van der Waals surface area contributed by atoms with Crippen LogP contribution in [0.15, 0.2) is 79.1 Å². The summed E-state index contributed by atoms with van der Waals surface area (Å²) in [7, 11) is 1.41. The van der Waals surface area contributed by atoms with Gasteiger partial charge in [0.1, 0.15) is 17.0 Å². The number of fused-ring (bicyclic) bond motifs is 1. The van der Waals surface area contributed by atoms with Gasteiger partial charge in [-0.3, -0.25) is 14.2 Å². The number of ether oxygens (including phenoxy) is 1. The standard InChI is InChI=1S/C31H29N7O3/c1-41-31(40)20-9-11-21(12-10-20)35-30(39)26-14-13-22(18-34-26)38-28(23-8-5-17-33-27(23)32)37-25-16-15-24(36-29(25)38)19-6-3-2-4-7-19/h2-8,13-18,20-21H,9-12H2,1H3,(H2,32,33)(H,35,39). The second-order valence-electron chi connectivity index (χ2n) is 10.1. The second-order valence-corrected chi connectivity index (χ2v) is 10.1. The van der Waals surface area contributed by atoms with Gasteiger partial charge in [-0.25, -0.2) is 19.9 Å². The number of aromatic nitrogens is 5. The molecule has 1 aromatic carbocycles. The summed E-state index contributed by atoms with van der Waals surface area (Å²) in [6.07, 6.45) is 6.09. The van der Waals surface area contributed by atoms with Crippen LogP contribution in [0.4, 0.5) is 5.82 Å². The number of nitrogen functional groups attached to an aromatic ring is 1. The maximum Gasteiger partial charge on any atom is 0.308 e. The van der Waals surface area contributed by atoms with Gasteiger partial charge in [0.2, 0.25) is 0 Å². The number of hydrogen-bond donors (Lipinski definition) is 2. The van der Waals surface area contributed by atoms with Gasteiger partial charge in [0.05, 0.1) is 36.2 Å². The molecule has 10 nitrogen and oxygen atoms in total. The van der Waals surface area contributed by atoms with Crippen molar-refractivity contribution in [1.29, 1.82) is 0 Å². The van der Waals surface area contributed by atoms with Gasteiger partial charge in [0.25, 0.3) is 5.91 Å². The summed E-state index contributed by atoms with van der Waals surface area (Å²) in [5, 5.41) is 3.06. The Bertz CT molecular complexity index is 1710. The average Bonchev–Trinajstić information content (AvgIpc) is 3.40. The molecule has 6 rings (SSSR count). The van der Waals surface area contributed by atoms with Crippen LogP contribution in [0.5, 0.6) is 0 Å². The van der Waals surface area contributed by atoms with Gasteiger partial charge < -0.3 is 15.8 Å². The number of rotatable bonds is 6. The maximum absolute atomic E-state index is 13.0. The van der Waals surface area contributed by atoms with Gasteiger partial charge in [0, 0.05) is 17.8 Å². The number of imidazole rings is 1. The number of nitrogens with zero attached hydrogens (tertiary/aromatic N) is 5. The Morgan fingerprint density at radius 2 is 1.73 bits per heavy atom. The van der Waals surface area contributed by atoms with Gasteiger partial charge >= 0.3 is 5.97 Å². The normalized spacial score (nSPS) is 16.8. The highest BCUT2D eigenvalue weighted by Crippen LogP contribution is 2.31. The van der Waals surface area contributed by atoms with Gasteiger partial charge in [-0.15, -0.1) is 0 Å². The van der Waals surface area contributed by atoms with E-state index in [9.17, 15) is 9.59 Å². The summed E-state index contributed by atoms with van der Waals surface area (Å²) in [5.74, 6) is 0.379. The molecule has 0 unspecified atom stereocenters. The highest BCUT2D eigenvalue weighted by Gasteiger charge is 2.28. The quantitative estimate of drug-likeness (QED) is 0.295. The minimum atomic E-state index is -0.255. The van der Waals surface area contributed by atoms with Crippen LogP contribution < -0.4 is 11.1 Å². The Morgan fingerprint density at radius 1 is 0.927 bits per heavy atom. The van der Waals surface area contributed by atoms with Gasteiger partial charge in [0.15, 0.2) is 11.5 Å². The third-order valence-electron chi connectivity index (χ3n) is 7.49. The van der Waals surface area contributed by atoms with Crippen LogP contribution in [0.3, 0.4) is 0 Å². The lowest BCUT2D eigenvalue weighted by molar-refractivity contribution is -0.146. The first kappa shape index (κ1) is 26.1. The number of amides is 1. The van der Waals surface area contributed by atoms with Crippen molar-refractivity contribution >= 4 is 28.9 Å². The van der Waals surface area contributed by atoms with Crippen LogP contribution in [-0.4, -0.2) is 49.5 Å². The summed E-state index contributed by atoms with van der Waals surface area (Å²) >= 11 is 0. The van der Waals surface area contributed by atoms with E-state index in [2.05, 4.69) is 15.3 Å². The zero-order valence-electron chi connectivity index (χ0n) is 22.5. The van der Waals surface area contributed by atoms with Crippen molar-refractivity contribution in [2.24, 2.45) is 5.92 Å². The number of esters is 1. The van der Waals surface area contributed by atoms with E-state index in [0.717, 1.165) is 24.1 Å². The van der Waals surface area contributed by atoms with E-state index in [4.69, 9.17) is 20.4 Å². The summed E-state index contributed by atoms with van der Waals surface area (Å²) in [4.78, 5) is 43.4. The third-order valence-corrected chi connectivity index (χ3v) is 7.49. The molecule has 206 valence electrons. The number of carbonyl (C=O) groups excluding carboxylic acids is 2. The first-order valence-corrected chi connectivity index (χ1v) is 13.5. The molecule has 0 spiro atoms. The van der Waals surface area contributed by atoms with Crippen molar-refractivity contribution in [1.82, 2.24) is 29.8 Å². The Hall–Kier alpha value is -5.12. The van der Waals surface area contributed by atoms with E-state index in [1.54, 1.807) is 18.5 Å². The predicted molar refractivity (Wildman–Crippen MR) is 155 cm³/mol. The van der Waals surface area contributed by atoms with Crippen LogP contribution >= 0.6 is 0 Å². The first-order chi connectivity index (χ1) is 20.0. The van der Waals surface area contributed by atoms with Crippen LogP contribution in [-0.2, 0) is 9.53 Å². The lowest BCUT2D eigenvalue weighted by atomic mass is 9.86. The molecule has 0 atom stereocenters. The van der Waals surface area contributed by atoms with E-state index >= 15 is 0 Å². The molecule has 3 N–H and O–H groups in total. The highest BCUT2D eigenvalue weighted by atomic mass is 16.5. The Morgan fingerprint density at radius 3 is 2.44 bits per heavy atom. The fourth-order valence-electron chi connectivity index (χ4n) is 5.31. The lowest BCUT2D eigenvalue weighted by Gasteiger charge is -2.27. The van der Waals surface area contributed by atoms with E-state index in [0.29, 0.717) is 52.6 Å². The Balaban J connectivity index is 1.32. The van der Waals surface area contributed by atoms with Crippen LogP contribution in [0.2, 0.25) is 0 Å². The second kappa shape index (κ2) is 11.2. The number of anilines is 1. The van der Waals surface area contributed by atoms with Crippen molar-refractivity contribution in [3.05, 3.63) is 84.8 Å². The number of benzene rings is 1. The molecular formula is C31H29N7O3. The summed E-state index contributed by atoms with van der Waals surface area (Å²) in [6.45, 7) is 0. The topological polar surface area (TPSA) is 138 Å². The molecule has 0 bridgehead atoms. The first-order valence-electron chi connectivity index (χ1n) is 13.5. The van der Waals surface area contributed by atoms with E-state index in [1.165, 1.54) is 7.11 Å². The predicted octanol–water partition coefficient (Wildman–Crippen LogP) is 4.59. The fraction of sp³-hybridized carbons (Fsp3) is 0.226. The van der Waals surface area contributed by atoms with E-state index in [-0.39, 0.29) is 23.8 Å². The number of nitrogens with two attached hydrogens (primary N) is 1. The number of carbonyl (C=O) groups is 2. The zero-order chi connectivity index (χ0) is 28.3. The van der Waals surface area contributed by atoms with Crippen LogP contribution in [0.25, 0.3) is 39.5 Å². The molecular weight excluding hydrogens is 518 g/mol. The number of hydrogen-bond acceptors (Lipinski definition) is 8. The minimum Gasteiger partial charge on any atom is -0.469 e. The summed E-state index contributed by atoms with van der Waals surface area (Å²) in [5.41, 5.74) is 11.0. The SMILES string of the molecule is COC(=O)C1CCC(NC(=O)c2ccc(-n3c(-c4cccnc4N)nc4ccc(-c5ccccc5)nc43)cn2)CC1. The molecule has 10 heteroatoms. The monoisotopic (exact) mass is 547 g/mol. The van der Waals surface area contributed by atoms with Crippen molar-refractivity contribution in [3.8, 4) is 28.3 Å². The van der Waals surface area contributed by atoms with Gasteiger partial charge in [-0.1, -0.05) is 30.3 Å². The maximum atomic E-state index is 13.0. The molecule has 5 aromatic rings. The Labute approximate surface area is 236 Å². The van der Waals surface area contributed by atoms with Gasteiger partial charge in [-0.2, -0.15) is 0 Å². The van der Waals surface area contributed by atoms with Crippen molar-refractivity contribution < 1.29 is 14.3 Å². The number of nitrogens with one attached hydrogen (secondary N) is 1. The van der Waals surface area contributed by atoms with Crippen molar-refractivity contribution in [2.45, 2.75) is 31.7 Å². The summed E-state index contributed by atoms with van der Waals surface area (Å²) < 4.78 is 6.75. The van der Waals surface area contributed by atoms with Crippen LogP contribution in [0.1, 0.15) is 36.2 Å². The third kappa shape index (κ3) is 5.23. The fourth-order valence-corrected chi connectivity index (χ4v) is 5.31. The summed E-state index contributed by atoms with van der Waals surface area (Å²) in [6, 6.07) is 21.0. The molecule has 4 aromatic heterocycles. The molecule has 1 amide bonds. The molecule has 0 aliphatic heterocycles. The minimum absolute atomic E-state index is 0.0109. The highest BCUT2D eigenvalue weighted by molar-refractivity contribution is 5.92. The molecule has 41 heavy (non-hydrogen) atoms. The van der Waals surface area contributed by atoms with Crippen molar-refractivity contribution in [2.75, 3.05) is 12.8 Å². The number of methoxy groups -OCH3 is 1. The largest absolute Gasteiger partial charge is 0.469 e. The molecule has 4 heterocycles. The Kier molecular flexibility index (Phi) is 7.11. The molecule has 1 fully saturated rings. The molecule has 0 radical (unpaired) electrons. The van der Waals surface area contributed by atoms with Gasteiger partial charge in [-0.05, 0) is 62.1 Å². The van der Waals surface area contributed by atoms with E-state index in [1.807, 2.05) is 65.2 Å². The lowest BCUT2D eigenvalue weighted by Crippen LogP contribution is -2.39. The van der Waals surface area contributed by atoms with E-state index < -0.39 is 0 Å². The van der Waals surface area contributed by atoms with Crippen molar-refractivity contribution in [3.63, 3.8) is 0 Å². The van der Waals surface area contributed by atoms with Crippen LogP contribution in [0, 0.1) is 5.92 Å². The zero-order valence-corrected chi connectivity index (χ0v) is 22.5.